The molecule has 1 atom stereocenters. The van der Waals surface area contributed by atoms with Crippen LogP contribution in [0.4, 0.5) is 5.69 Å². The van der Waals surface area contributed by atoms with Crippen LogP contribution in [0.15, 0.2) is 42.5 Å². The molecule has 7 heteroatoms. The highest BCUT2D eigenvalue weighted by Gasteiger charge is 2.10. The van der Waals surface area contributed by atoms with Gasteiger partial charge >= 0.3 is 0 Å². The molecule has 182 valence electrons. The maximum absolute atomic E-state index is 11.4. The molecule has 0 aromatic heterocycles. The molecule has 0 radical (unpaired) electrons. The predicted molar refractivity (Wildman–Crippen MR) is 130 cm³/mol. The van der Waals surface area contributed by atoms with E-state index >= 15 is 0 Å². The van der Waals surface area contributed by atoms with Crippen LogP contribution in [0.3, 0.4) is 0 Å². The summed E-state index contributed by atoms with van der Waals surface area (Å²) in [6.45, 7) is 4.01. The van der Waals surface area contributed by atoms with E-state index in [1.807, 2.05) is 24.3 Å². The Hall–Kier alpha value is -2.45. The zero-order valence-electron chi connectivity index (χ0n) is 19.8. The number of carbonyl (C=O) groups excluding carboxylic acids is 1. The number of phenols is 1. The minimum absolute atomic E-state index is 0.0193. The van der Waals surface area contributed by atoms with Gasteiger partial charge in [-0.15, -0.1) is 0 Å². The summed E-state index contributed by atoms with van der Waals surface area (Å²) in [7, 11) is 1.77. The molecular weight excluding hydrogens is 420 g/mol. The van der Waals surface area contributed by atoms with Gasteiger partial charge in [-0.25, -0.2) is 0 Å². The third-order valence-corrected chi connectivity index (χ3v) is 5.72. The number of aromatic hydroxyl groups is 1. The largest absolute Gasteiger partial charge is 0.508 e. The molecule has 0 aliphatic carbocycles. The number of amides is 1. The second kappa shape index (κ2) is 14.6. The van der Waals surface area contributed by atoms with Crippen LogP contribution in [-0.4, -0.2) is 54.6 Å². The van der Waals surface area contributed by atoms with Gasteiger partial charge in [0.15, 0.2) is 0 Å². The first-order valence-electron chi connectivity index (χ1n) is 11.6. The molecule has 0 aliphatic rings. The Morgan fingerprint density at radius 3 is 2.48 bits per heavy atom. The number of nitrogens with one attached hydrogen (secondary N) is 1. The maximum Gasteiger partial charge on any atom is 0.223 e. The molecule has 0 saturated heterocycles. The molecule has 4 N–H and O–H groups in total. The summed E-state index contributed by atoms with van der Waals surface area (Å²) in [4.78, 5) is 13.0. The Balaban J connectivity index is 1.47. The number of ether oxygens (including phenoxy) is 1. The second-order valence-corrected chi connectivity index (χ2v) is 8.29. The van der Waals surface area contributed by atoms with Gasteiger partial charge in [-0.3, -0.25) is 4.79 Å². The molecule has 0 bridgehead atoms. The number of aliphatic hydroxyl groups is 2. The molecular formula is C26H38N2O5. The van der Waals surface area contributed by atoms with E-state index in [4.69, 9.17) is 4.74 Å². The van der Waals surface area contributed by atoms with Crippen molar-refractivity contribution in [3.63, 3.8) is 0 Å². The van der Waals surface area contributed by atoms with E-state index in [9.17, 15) is 20.1 Å². The van der Waals surface area contributed by atoms with Gasteiger partial charge in [-0.05, 0) is 61.2 Å². The quantitative estimate of drug-likeness (QED) is 0.306. The van der Waals surface area contributed by atoms with Gasteiger partial charge in [0.05, 0.1) is 19.3 Å². The SMILES string of the molecule is CC(=O)N(C)c1ccc(CCOCCCCCCNCC(O)c2ccc(O)c(CO)c2)cc1. The summed E-state index contributed by atoms with van der Waals surface area (Å²) in [5, 5.41) is 32.3. The first kappa shape index (κ1) is 26.8. The van der Waals surface area contributed by atoms with Crippen molar-refractivity contribution in [2.24, 2.45) is 0 Å². The van der Waals surface area contributed by atoms with Gasteiger partial charge in [-0.1, -0.05) is 31.0 Å². The van der Waals surface area contributed by atoms with Crippen molar-refractivity contribution in [3.05, 3.63) is 59.2 Å². The molecule has 33 heavy (non-hydrogen) atoms. The summed E-state index contributed by atoms with van der Waals surface area (Å²) in [5.74, 6) is 0.0594. The lowest BCUT2D eigenvalue weighted by Crippen LogP contribution is -2.22. The summed E-state index contributed by atoms with van der Waals surface area (Å²) in [6, 6.07) is 12.8. The monoisotopic (exact) mass is 458 g/mol. The molecule has 2 aromatic rings. The number of hydrogen-bond acceptors (Lipinski definition) is 6. The highest BCUT2D eigenvalue weighted by Crippen LogP contribution is 2.22. The molecule has 2 rings (SSSR count). The number of anilines is 1. The number of aliphatic hydroxyl groups excluding tert-OH is 2. The summed E-state index contributed by atoms with van der Waals surface area (Å²) in [5.41, 5.74) is 3.20. The number of rotatable bonds is 15. The minimum Gasteiger partial charge on any atom is -0.508 e. The summed E-state index contributed by atoms with van der Waals surface area (Å²) in [6.07, 6.45) is 4.46. The Morgan fingerprint density at radius 2 is 1.79 bits per heavy atom. The first-order chi connectivity index (χ1) is 15.9. The van der Waals surface area contributed by atoms with Crippen molar-refractivity contribution in [3.8, 4) is 5.75 Å². The van der Waals surface area contributed by atoms with Gasteiger partial charge in [0.25, 0.3) is 0 Å². The summed E-state index contributed by atoms with van der Waals surface area (Å²) < 4.78 is 5.74. The van der Waals surface area contributed by atoms with Crippen LogP contribution < -0.4 is 10.2 Å². The second-order valence-electron chi connectivity index (χ2n) is 8.29. The van der Waals surface area contributed by atoms with E-state index in [0.717, 1.165) is 50.9 Å². The van der Waals surface area contributed by atoms with Crippen LogP contribution >= 0.6 is 0 Å². The first-order valence-corrected chi connectivity index (χ1v) is 11.6. The van der Waals surface area contributed by atoms with Gasteiger partial charge in [0.2, 0.25) is 5.91 Å². The van der Waals surface area contributed by atoms with Crippen LogP contribution in [0.1, 0.15) is 55.4 Å². The Morgan fingerprint density at radius 1 is 1.06 bits per heavy atom. The fourth-order valence-electron chi connectivity index (χ4n) is 3.46. The zero-order valence-corrected chi connectivity index (χ0v) is 19.8. The third kappa shape index (κ3) is 9.52. The predicted octanol–water partition coefficient (Wildman–Crippen LogP) is 3.31. The van der Waals surface area contributed by atoms with Gasteiger partial charge in [0, 0.05) is 38.4 Å². The van der Waals surface area contributed by atoms with E-state index in [1.54, 1.807) is 31.0 Å². The number of benzene rings is 2. The standard InChI is InChI=1S/C26H38N2O5/c1-20(30)28(2)24-10-7-21(8-11-24)13-16-33-15-6-4-3-5-14-27-18-26(32)22-9-12-25(31)23(17-22)19-29/h7-12,17,26-27,29,31-32H,3-6,13-16,18-19H2,1-2H3. The smallest absolute Gasteiger partial charge is 0.223 e. The average molecular weight is 459 g/mol. The molecule has 2 aromatic carbocycles. The lowest BCUT2D eigenvalue weighted by atomic mass is 10.1. The lowest BCUT2D eigenvalue weighted by Gasteiger charge is -2.15. The minimum atomic E-state index is -0.671. The maximum atomic E-state index is 11.4. The van der Waals surface area contributed by atoms with E-state index in [0.29, 0.717) is 24.3 Å². The van der Waals surface area contributed by atoms with Gasteiger partial charge in [0.1, 0.15) is 5.75 Å². The van der Waals surface area contributed by atoms with E-state index in [-0.39, 0.29) is 18.3 Å². The molecule has 0 saturated carbocycles. The molecule has 0 heterocycles. The van der Waals surface area contributed by atoms with Crippen molar-refractivity contribution in [2.75, 3.05) is 38.3 Å². The van der Waals surface area contributed by atoms with E-state index < -0.39 is 6.10 Å². The fourth-order valence-corrected chi connectivity index (χ4v) is 3.46. The van der Waals surface area contributed by atoms with E-state index in [2.05, 4.69) is 5.32 Å². The molecule has 0 spiro atoms. The van der Waals surface area contributed by atoms with Crippen LogP contribution in [0, 0.1) is 0 Å². The van der Waals surface area contributed by atoms with Crippen molar-refractivity contribution >= 4 is 11.6 Å². The van der Waals surface area contributed by atoms with Crippen molar-refractivity contribution in [1.29, 1.82) is 0 Å². The van der Waals surface area contributed by atoms with Crippen LogP contribution in [0.5, 0.6) is 5.75 Å². The van der Waals surface area contributed by atoms with E-state index in [1.165, 1.54) is 11.6 Å². The van der Waals surface area contributed by atoms with Crippen molar-refractivity contribution < 1.29 is 24.9 Å². The fraction of sp³-hybridized carbons (Fsp3) is 0.500. The van der Waals surface area contributed by atoms with Crippen LogP contribution in [0.25, 0.3) is 0 Å². The van der Waals surface area contributed by atoms with Crippen LogP contribution in [0.2, 0.25) is 0 Å². The number of unbranched alkanes of at least 4 members (excludes halogenated alkanes) is 3. The highest BCUT2D eigenvalue weighted by molar-refractivity contribution is 5.90. The average Bonchev–Trinajstić information content (AvgIpc) is 2.82. The van der Waals surface area contributed by atoms with Gasteiger partial charge < -0.3 is 30.3 Å². The summed E-state index contributed by atoms with van der Waals surface area (Å²) >= 11 is 0. The molecule has 1 amide bonds. The Kier molecular flexibility index (Phi) is 11.9. The Bertz CT molecular complexity index is 841. The van der Waals surface area contributed by atoms with Crippen molar-refractivity contribution in [1.82, 2.24) is 5.32 Å². The molecule has 1 unspecified atom stereocenters. The van der Waals surface area contributed by atoms with Crippen molar-refractivity contribution in [2.45, 2.75) is 51.7 Å². The number of hydrogen-bond donors (Lipinski definition) is 4. The zero-order chi connectivity index (χ0) is 24.1. The van der Waals surface area contributed by atoms with Gasteiger partial charge in [-0.2, -0.15) is 0 Å². The molecule has 0 aliphatic heterocycles. The lowest BCUT2D eigenvalue weighted by molar-refractivity contribution is -0.116. The number of nitrogens with zero attached hydrogens (tertiary/aromatic N) is 1. The molecule has 0 fully saturated rings. The number of carbonyl (C=O) groups is 1. The normalized spacial score (nSPS) is 12.0. The molecule has 7 nitrogen and oxygen atoms in total. The highest BCUT2D eigenvalue weighted by atomic mass is 16.5. The van der Waals surface area contributed by atoms with Crippen LogP contribution in [-0.2, 0) is 22.6 Å². The topological polar surface area (TPSA) is 102 Å². The Labute approximate surface area is 197 Å². The third-order valence-electron chi connectivity index (χ3n) is 5.72.